The van der Waals surface area contributed by atoms with Crippen LogP contribution in [0.25, 0.3) is 0 Å². The Morgan fingerprint density at radius 2 is 1.89 bits per heavy atom. The van der Waals surface area contributed by atoms with Gasteiger partial charge in [0, 0.05) is 17.0 Å². The van der Waals surface area contributed by atoms with Crippen molar-refractivity contribution in [1.82, 2.24) is 10.2 Å². The number of hydrogen-bond donors (Lipinski definition) is 3. The zero-order chi connectivity index (χ0) is 26.9. The summed E-state index contributed by atoms with van der Waals surface area (Å²) >= 11 is 1.64. The van der Waals surface area contributed by atoms with Crippen molar-refractivity contribution in [2.75, 3.05) is 18.5 Å². The number of hydrogen-bond acceptors (Lipinski definition) is 6. The molecule has 3 fully saturated rings. The highest BCUT2D eigenvalue weighted by molar-refractivity contribution is 8.02. The molecule has 37 heavy (non-hydrogen) atoms. The summed E-state index contributed by atoms with van der Waals surface area (Å²) < 4.78 is 4.83. The van der Waals surface area contributed by atoms with Gasteiger partial charge in [-0.3, -0.25) is 14.4 Å². The minimum absolute atomic E-state index is 0.0149. The molecule has 8 nitrogen and oxygen atoms in total. The number of nitrogens with zero attached hydrogens (tertiary/aromatic N) is 1. The fourth-order valence-electron chi connectivity index (χ4n) is 6.52. The van der Waals surface area contributed by atoms with Crippen LogP contribution in [0.4, 0.5) is 5.69 Å². The highest BCUT2D eigenvalue weighted by Gasteiger charge is 2.74. The van der Waals surface area contributed by atoms with Crippen LogP contribution in [0.1, 0.15) is 60.3 Å². The zero-order valence-electron chi connectivity index (χ0n) is 22.5. The van der Waals surface area contributed by atoms with Gasteiger partial charge in [-0.15, -0.1) is 11.8 Å². The number of aliphatic hydroxyl groups excluding tert-OH is 1. The van der Waals surface area contributed by atoms with E-state index in [1.165, 1.54) is 0 Å². The van der Waals surface area contributed by atoms with Crippen LogP contribution in [0.5, 0.6) is 5.75 Å². The Hall–Kier alpha value is -2.26. The van der Waals surface area contributed by atoms with Crippen LogP contribution in [0, 0.1) is 17.8 Å². The quantitative estimate of drug-likeness (QED) is 0.404. The summed E-state index contributed by atoms with van der Waals surface area (Å²) in [6.45, 7) is 10.2. The first-order valence-corrected chi connectivity index (χ1v) is 14.5. The molecule has 204 valence electrons. The van der Waals surface area contributed by atoms with Gasteiger partial charge in [-0.1, -0.05) is 27.2 Å². The number of ether oxygens (including phenoxy) is 1. The van der Waals surface area contributed by atoms with Crippen molar-refractivity contribution < 1.29 is 24.2 Å². The molecule has 1 spiro atoms. The van der Waals surface area contributed by atoms with E-state index in [4.69, 9.17) is 4.74 Å². The number of thioether (sulfide) groups is 1. The molecular formula is C28H41N3O5S. The van der Waals surface area contributed by atoms with Crippen molar-refractivity contribution in [1.29, 1.82) is 0 Å². The van der Waals surface area contributed by atoms with Crippen LogP contribution in [0.3, 0.4) is 0 Å². The summed E-state index contributed by atoms with van der Waals surface area (Å²) in [6.07, 6.45) is 3.28. The number of likely N-dealkylation sites (tertiary alicyclic amines) is 1. The number of nitrogens with one attached hydrogen (secondary N) is 2. The molecule has 4 rings (SSSR count). The predicted octanol–water partition coefficient (Wildman–Crippen LogP) is 3.44. The molecule has 3 saturated heterocycles. The molecule has 0 aliphatic carbocycles. The Kier molecular flexibility index (Phi) is 8.43. The van der Waals surface area contributed by atoms with E-state index in [2.05, 4.69) is 17.6 Å². The molecule has 0 radical (unpaired) electrons. The topological polar surface area (TPSA) is 108 Å². The van der Waals surface area contributed by atoms with Crippen LogP contribution in [-0.4, -0.2) is 69.1 Å². The van der Waals surface area contributed by atoms with Crippen LogP contribution in [-0.2, 0) is 14.4 Å². The third kappa shape index (κ3) is 4.97. The zero-order valence-corrected chi connectivity index (χ0v) is 23.3. The van der Waals surface area contributed by atoms with Gasteiger partial charge < -0.3 is 25.4 Å². The van der Waals surface area contributed by atoms with Crippen LogP contribution in [0.15, 0.2) is 24.3 Å². The molecular weight excluding hydrogens is 490 g/mol. The number of fused-ring (bicyclic) bond motifs is 1. The number of carbonyl (C=O) groups excluding carboxylic acids is 3. The number of anilines is 1. The Balaban J connectivity index is 1.64. The summed E-state index contributed by atoms with van der Waals surface area (Å²) in [7, 11) is 0. The number of carbonyl (C=O) groups is 3. The number of benzene rings is 1. The second-order valence-corrected chi connectivity index (χ2v) is 12.5. The molecule has 1 aromatic carbocycles. The van der Waals surface area contributed by atoms with E-state index in [0.717, 1.165) is 25.0 Å². The maximum Gasteiger partial charge on any atom is 0.244 e. The van der Waals surface area contributed by atoms with Gasteiger partial charge in [-0.05, 0) is 63.3 Å². The standard InChI is InChI=1S/C28H41N3O5S/c1-6-8-17(5)29-26(34)24-28-14-13-21(37-28)22(23(28)27(35)31(24)20(15-32)16(3)4)25(33)30-18-9-11-19(12-10-18)36-7-2/h9-12,16-17,20-24,32H,6-8,13-15H2,1-5H3,(H,29,34)(H,30,33)/t17?,20-,21+,22-,23-,24?,28?/m0/s1. The van der Waals surface area contributed by atoms with Gasteiger partial charge in [-0.25, -0.2) is 0 Å². The molecule has 9 heteroatoms. The van der Waals surface area contributed by atoms with E-state index in [1.54, 1.807) is 28.8 Å². The van der Waals surface area contributed by atoms with Crippen molar-refractivity contribution in [3.63, 3.8) is 0 Å². The molecule has 0 saturated carbocycles. The normalized spacial score (nSPS) is 29.8. The van der Waals surface area contributed by atoms with E-state index in [9.17, 15) is 19.5 Å². The lowest BCUT2D eigenvalue weighted by Crippen LogP contribution is -2.58. The first kappa shape index (κ1) is 27.8. The molecule has 1 aromatic rings. The van der Waals surface area contributed by atoms with Gasteiger partial charge >= 0.3 is 0 Å². The molecule has 3 aliphatic rings. The largest absolute Gasteiger partial charge is 0.494 e. The average molecular weight is 532 g/mol. The number of amides is 3. The Bertz CT molecular complexity index is 1000. The van der Waals surface area contributed by atoms with Gasteiger partial charge in [0.2, 0.25) is 17.7 Å². The molecule has 2 bridgehead atoms. The number of aliphatic hydroxyl groups is 1. The summed E-state index contributed by atoms with van der Waals surface area (Å²) in [5.74, 6) is -0.972. The van der Waals surface area contributed by atoms with Crippen molar-refractivity contribution in [2.24, 2.45) is 17.8 Å². The fourth-order valence-corrected chi connectivity index (χ4v) is 8.73. The lowest BCUT2D eigenvalue weighted by molar-refractivity contribution is -0.143. The SMILES string of the molecule is CCCC(C)NC(=O)C1N([C@@H](CO)C(C)C)C(=O)[C@@H]2[C@@H](C(=O)Nc3ccc(OCC)cc3)[C@H]3CCC12S3. The van der Waals surface area contributed by atoms with Crippen molar-refractivity contribution in [3.8, 4) is 5.75 Å². The van der Waals surface area contributed by atoms with Gasteiger partial charge in [0.1, 0.15) is 11.8 Å². The second kappa shape index (κ2) is 11.2. The lowest BCUT2D eigenvalue weighted by Gasteiger charge is -2.39. The van der Waals surface area contributed by atoms with E-state index < -0.39 is 28.7 Å². The fraction of sp³-hybridized carbons (Fsp3) is 0.679. The van der Waals surface area contributed by atoms with E-state index in [-0.39, 0.29) is 41.5 Å². The monoisotopic (exact) mass is 531 g/mol. The van der Waals surface area contributed by atoms with E-state index in [0.29, 0.717) is 18.7 Å². The molecule has 3 aliphatic heterocycles. The molecule has 0 aromatic heterocycles. The van der Waals surface area contributed by atoms with Crippen LogP contribution in [0.2, 0.25) is 0 Å². The average Bonchev–Trinajstić information content (AvgIpc) is 3.48. The highest BCUT2D eigenvalue weighted by Crippen LogP contribution is 2.66. The smallest absolute Gasteiger partial charge is 0.244 e. The predicted molar refractivity (Wildman–Crippen MR) is 145 cm³/mol. The molecule has 3 N–H and O–H groups in total. The van der Waals surface area contributed by atoms with Crippen LogP contribution >= 0.6 is 11.8 Å². The molecule has 3 amide bonds. The maximum atomic E-state index is 14.1. The third-order valence-corrected chi connectivity index (χ3v) is 10.1. The van der Waals surface area contributed by atoms with Gasteiger partial charge in [0.15, 0.2) is 0 Å². The molecule has 3 heterocycles. The van der Waals surface area contributed by atoms with E-state index in [1.807, 2.05) is 39.8 Å². The summed E-state index contributed by atoms with van der Waals surface area (Å²) in [4.78, 5) is 43.2. The van der Waals surface area contributed by atoms with E-state index >= 15 is 0 Å². The first-order valence-electron chi connectivity index (χ1n) is 13.6. The minimum Gasteiger partial charge on any atom is -0.494 e. The number of rotatable bonds is 11. The Morgan fingerprint density at radius 3 is 2.49 bits per heavy atom. The first-order chi connectivity index (χ1) is 17.7. The highest BCUT2D eigenvalue weighted by atomic mass is 32.2. The van der Waals surface area contributed by atoms with Crippen molar-refractivity contribution in [2.45, 2.75) is 88.4 Å². The van der Waals surface area contributed by atoms with Crippen LogP contribution < -0.4 is 15.4 Å². The maximum absolute atomic E-state index is 14.1. The van der Waals surface area contributed by atoms with Gasteiger partial charge in [0.05, 0.1) is 35.8 Å². The molecule has 3 unspecified atom stereocenters. The van der Waals surface area contributed by atoms with Gasteiger partial charge in [-0.2, -0.15) is 0 Å². The summed E-state index contributed by atoms with van der Waals surface area (Å²) in [5.41, 5.74) is 0.649. The summed E-state index contributed by atoms with van der Waals surface area (Å²) in [6, 6.07) is 6.01. The van der Waals surface area contributed by atoms with Gasteiger partial charge in [0.25, 0.3) is 0 Å². The Labute approximate surface area is 224 Å². The third-order valence-electron chi connectivity index (χ3n) is 8.15. The van der Waals surface area contributed by atoms with Crippen molar-refractivity contribution in [3.05, 3.63) is 24.3 Å². The second-order valence-electron chi connectivity index (χ2n) is 10.9. The van der Waals surface area contributed by atoms with Crippen molar-refractivity contribution >= 4 is 35.2 Å². The summed E-state index contributed by atoms with van der Waals surface area (Å²) in [5, 5.41) is 16.4. The molecule has 7 atom stereocenters. The minimum atomic E-state index is -0.706. The Morgan fingerprint density at radius 1 is 1.19 bits per heavy atom. The lowest BCUT2D eigenvalue weighted by atomic mass is 9.70.